The SMILES string of the molecule is COCc1ccc(C(=O)NCC(C)(C)C(O)C(C)C)cc1. The Kier molecular flexibility index (Phi) is 6.37. The summed E-state index contributed by atoms with van der Waals surface area (Å²) >= 11 is 0. The summed E-state index contributed by atoms with van der Waals surface area (Å²) < 4.78 is 5.04. The highest BCUT2D eigenvalue weighted by Gasteiger charge is 2.30. The summed E-state index contributed by atoms with van der Waals surface area (Å²) in [7, 11) is 1.64. The third kappa shape index (κ3) is 5.14. The Hall–Kier alpha value is -1.39. The smallest absolute Gasteiger partial charge is 0.251 e. The van der Waals surface area contributed by atoms with E-state index in [1.807, 2.05) is 39.8 Å². The van der Waals surface area contributed by atoms with E-state index >= 15 is 0 Å². The van der Waals surface area contributed by atoms with Gasteiger partial charge in [-0.05, 0) is 23.6 Å². The van der Waals surface area contributed by atoms with Gasteiger partial charge in [0.05, 0.1) is 12.7 Å². The van der Waals surface area contributed by atoms with E-state index in [1.54, 1.807) is 19.2 Å². The van der Waals surface area contributed by atoms with Gasteiger partial charge in [-0.15, -0.1) is 0 Å². The predicted octanol–water partition coefficient (Wildman–Crippen LogP) is 2.61. The zero-order valence-electron chi connectivity index (χ0n) is 13.6. The number of carbonyl (C=O) groups is 1. The van der Waals surface area contributed by atoms with Gasteiger partial charge in [0.2, 0.25) is 0 Å². The Morgan fingerprint density at radius 1 is 1.29 bits per heavy atom. The quantitative estimate of drug-likeness (QED) is 0.812. The van der Waals surface area contributed by atoms with Crippen molar-refractivity contribution in [2.24, 2.45) is 11.3 Å². The summed E-state index contributed by atoms with van der Waals surface area (Å²) in [6.45, 7) is 8.84. The van der Waals surface area contributed by atoms with Crippen LogP contribution in [0, 0.1) is 11.3 Å². The molecule has 0 radical (unpaired) electrons. The lowest BCUT2D eigenvalue weighted by Crippen LogP contribution is -2.43. The molecule has 1 rings (SSSR count). The molecule has 0 bridgehead atoms. The Labute approximate surface area is 127 Å². The minimum atomic E-state index is -0.457. The molecule has 1 aromatic carbocycles. The van der Waals surface area contributed by atoms with Crippen molar-refractivity contribution in [3.05, 3.63) is 35.4 Å². The van der Waals surface area contributed by atoms with Crippen LogP contribution in [0.5, 0.6) is 0 Å². The van der Waals surface area contributed by atoms with Crippen LogP contribution in [0.3, 0.4) is 0 Å². The van der Waals surface area contributed by atoms with E-state index in [9.17, 15) is 9.90 Å². The van der Waals surface area contributed by atoms with E-state index < -0.39 is 6.10 Å². The first-order valence-electron chi connectivity index (χ1n) is 7.32. The third-order valence-corrected chi connectivity index (χ3v) is 3.66. The van der Waals surface area contributed by atoms with Crippen molar-refractivity contribution in [2.75, 3.05) is 13.7 Å². The van der Waals surface area contributed by atoms with Crippen LogP contribution >= 0.6 is 0 Å². The molecule has 0 aliphatic rings. The zero-order chi connectivity index (χ0) is 16.0. The van der Waals surface area contributed by atoms with Crippen LogP contribution in [0.2, 0.25) is 0 Å². The maximum atomic E-state index is 12.1. The van der Waals surface area contributed by atoms with Crippen LogP contribution in [0.1, 0.15) is 43.6 Å². The predicted molar refractivity (Wildman–Crippen MR) is 84.1 cm³/mol. The number of nitrogens with one attached hydrogen (secondary N) is 1. The normalized spacial score (nSPS) is 13.3. The molecule has 0 saturated carbocycles. The van der Waals surface area contributed by atoms with Crippen molar-refractivity contribution in [1.29, 1.82) is 0 Å². The summed E-state index contributed by atoms with van der Waals surface area (Å²) in [6, 6.07) is 7.34. The number of hydrogen-bond donors (Lipinski definition) is 2. The second-order valence-electron chi connectivity index (χ2n) is 6.49. The van der Waals surface area contributed by atoms with E-state index in [0.717, 1.165) is 5.56 Å². The molecule has 1 unspecified atom stereocenters. The van der Waals surface area contributed by atoms with Crippen molar-refractivity contribution >= 4 is 5.91 Å². The van der Waals surface area contributed by atoms with Crippen molar-refractivity contribution in [3.63, 3.8) is 0 Å². The molecule has 1 amide bonds. The maximum Gasteiger partial charge on any atom is 0.251 e. The van der Waals surface area contributed by atoms with E-state index in [4.69, 9.17) is 4.74 Å². The summed E-state index contributed by atoms with van der Waals surface area (Å²) in [4.78, 5) is 12.1. The molecule has 4 nitrogen and oxygen atoms in total. The minimum absolute atomic E-state index is 0.122. The number of rotatable bonds is 7. The highest BCUT2D eigenvalue weighted by Crippen LogP contribution is 2.25. The Balaban J connectivity index is 2.61. The van der Waals surface area contributed by atoms with Gasteiger partial charge in [-0.1, -0.05) is 39.8 Å². The van der Waals surface area contributed by atoms with Gasteiger partial charge in [0.15, 0.2) is 0 Å². The van der Waals surface area contributed by atoms with Crippen LogP contribution in [-0.2, 0) is 11.3 Å². The molecular formula is C17H27NO3. The van der Waals surface area contributed by atoms with E-state index in [1.165, 1.54) is 0 Å². The highest BCUT2D eigenvalue weighted by atomic mass is 16.5. The Bertz CT molecular complexity index is 452. The molecule has 0 heterocycles. The Morgan fingerprint density at radius 3 is 2.33 bits per heavy atom. The molecule has 21 heavy (non-hydrogen) atoms. The topological polar surface area (TPSA) is 58.6 Å². The van der Waals surface area contributed by atoms with Gasteiger partial charge in [-0.3, -0.25) is 4.79 Å². The van der Waals surface area contributed by atoms with Gasteiger partial charge in [0, 0.05) is 24.6 Å². The van der Waals surface area contributed by atoms with E-state index in [2.05, 4.69) is 5.32 Å². The van der Waals surface area contributed by atoms with E-state index in [0.29, 0.717) is 18.7 Å². The molecule has 1 aromatic rings. The molecule has 2 N–H and O–H groups in total. The third-order valence-electron chi connectivity index (χ3n) is 3.66. The summed E-state index contributed by atoms with van der Waals surface area (Å²) in [5.74, 6) is 0.0354. The van der Waals surface area contributed by atoms with Crippen LogP contribution in [0.4, 0.5) is 0 Å². The molecule has 4 heteroatoms. The van der Waals surface area contributed by atoms with Crippen molar-refractivity contribution in [1.82, 2.24) is 5.32 Å². The number of amides is 1. The van der Waals surface area contributed by atoms with Crippen molar-refractivity contribution < 1.29 is 14.6 Å². The monoisotopic (exact) mass is 293 g/mol. The molecule has 0 fully saturated rings. The van der Waals surface area contributed by atoms with Gasteiger partial charge in [-0.25, -0.2) is 0 Å². The summed E-state index contributed by atoms with van der Waals surface area (Å²) in [5.41, 5.74) is 1.29. The number of aliphatic hydroxyl groups excluding tert-OH is 1. The lowest BCUT2D eigenvalue weighted by atomic mass is 9.80. The maximum absolute atomic E-state index is 12.1. The average molecular weight is 293 g/mol. The minimum Gasteiger partial charge on any atom is -0.392 e. The van der Waals surface area contributed by atoms with Crippen LogP contribution in [0.25, 0.3) is 0 Å². The average Bonchev–Trinajstić information content (AvgIpc) is 2.45. The first-order chi connectivity index (χ1) is 9.77. The van der Waals surface area contributed by atoms with Crippen LogP contribution < -0.4 is 5.32 Å². The molecule has 1 atom stereocenters. The Morgan fingerprint density at radius 2 is 1.86 bits per heavy atom. The number of hydrogen-bond acceptors (Lipinski definition) is 3. The molecule has 0 aliphatic carbocycles. The number of methoxy groups -OCH3 is 1. The van der Waals surface area contributed by atoms with Gasteiger partial charge < -0.3 is 15.2 Å². The van der Waals surface area contributed by atoms with Crippen molar-refractivity contribution in [3.8, 4) is 0 Å². The number of benzene rings is 1. The molecule has 0 aliphatic heterocycles. The number of carbonyl (C=O) groups excluding carboxylic acids is 1. The molecule has 0 aromatic heterocycles. The fourth-order valence-corrected chi connectivity index (χ4v) is 2.34. The fraction of sp³-hybridized carbons (Fsp3) is 0.588. The van der Waals surface area contributed by atoms with Gasteiger partial charge in [0.25, 0.3) is 5.91 Å². The number of aliphatic hydroxyl groups is 1. The zero-order valence-corrected chi connectivity index (χ0v) is 13.6. The lowest BCUT2D eigenvalue weighted by molar-refractivity contribution is 0.0138. The second kappa shape index (κ2) is 7.57. The fourth-order valence-electron chi connectivity index (χ4n) is 2.34. The molecule has 0 saturated heterocycles. The molecular weight excluding hydrogens is 266 g/mol. The first kappa shape index (κ1) is 17.7. The van der Waals surface area contributed by atoms with Gasteiger partial charge in [0.1, 0.15) is 0 Å². The van der Waals surface area contributed by atoms with E-state index in [-0.39, 0.29) is 17.2 Å². The first-order valence-corrected chi connectivity index (χ1v) is 7.32. The second-order valence-corrected chi connectivity index (χ2v) is 6.49. The summed E-state index contributed by atoms with van der Waals surface area (Å²) in [6.07, 6.45) is -0.457. The standard InChI is InChI=1S/C17H27NO3/c1-12(2)15(19)17(3,4)11-18-16(20)14-8-6-13(7-9-14)10-21-5/h6-9,12,15,19H,10-11H2,1-5H3,(H,18,20). The largest absolute Gasteiger partial charge is 0.392 e. The number of ether oxygens (including phenoxy) is 1. The van der Waals surface area contributed by atoms with Crippen LogP contribution in [0.15, 0.2) is 24.3 Å². The molecule has 118 valence electrons. The lowest BCUT2D eigenvalue weighted by Gasteiger charge is -2.33. The van der Waals surface area contributed by atoms with Crippen molar-refractivity contribution in [2.45, 2.75) is 40.4 Å². The summed E-state index contributed by atoms with van der Waals surface area (Å²) in [5, 5.41) is 13.1. The highest BCUT2D eigenvalue weighted by molar-refractivity contribution is 5.94. The van der Waals surface area contributed by atoms with Gasteiger partial charge >= 0.3 is 0 Å². The molecule has 0 spiro atoms. The van der Waals surface area contributed by atoms with Gasteiger partial charge in [-0.2, -0.15) is 0 Å². The van der Waals surface area contributed by atoms with Crippen LogP contribution in [-0.4, -0.2) is 30.8 Å².